The molecule has 1 aliphatic heterocycles. The molecule has 4 rings (SSSR count). The predicted octanol–water partition coefficient (Wildman–Crippen LogP) is 1.06. The Labute approximate surface area is 150 Å². The summed E-state index contributed by atoms with van der Waals surface area (Å²) in [6.45, 7) is 3.89. The zero-order valence-electron chi connectivity index (χ0n) is 14.9. The summed E-state index contributed by atoms with van der Waals surface area (Å²) in [4.78, 5) is 39.1. The Morgan fingerprint density at radius 2 is 2.12 bits per heavy atom. The number of amides is 1. The molecule has 1 aliphatic carbocycles. The number of hydrogen-bond donors (Lipinski definition) is 1. The van der Waals surface area contributed by atoms with E-state index in [2.05, 4.69) is 20.3 Å². The second kappa shape index (κ2) is 6.54. The first-order valence-electron chi connectivity index (χ1n) is 8.97. The highest BCUT2D eigenvalue weighted by molar-refractivity contribution is 5.93. The summed E-state index contributed by atoms with van der Waals surface area (Å²) in [5, 5.41) is 3.38. The van der Waals surface area contributed by atoms with E-state index in [-0.39, 0.29) is 23.7 Å². The Morgan fingerprint density at radius 3 is 2.81 bits per heavy atom. The maximum atomic E-state index is 12.2. The number of methoxy groups -OCH3 is 1. The standard InChI is InChI=1S/C17H22N6O3/c1-3-23-14-12(21-15(23)17(25)26-2)13(18-9-19-14)20-11-6-7-22(8-11)16(24)10-4-5-10/h9-11H,3-8H2,1-2H3,(H,18,19,20). The molecule has 1 atom stereocenters. The number of hydrogen-bond acceptors (Lipinski definition) is 7. The lowest BCUT2D eigenvalue weighted by atomic mass is 10.2. The zero-order chi connectivity index (χ0) is 18.3. The summed E-state index contributed by atoms with van der Waals surface area (Å²) >= 11 is 0. The van der Waals surface area contributed by atoms with Gasteiger partial charge in [-0.1, -0.05) is 0 Å². The van der Waals surface area contributed by atoms with Crippen molar-refractivity contribution in [2.45, 2.75) is 38.8 Å². The Morgan fingerprint density at radius 1 is 1.31 bits per heavy atom. The molecular formula is C17H22N6O3. The second-order valence-corrected chi connectivity index (χ2v) is 6.75. The zero-order valence-corrected chi connectivity index (χ0v) is 14.9. The summed E-state index contributed by atoms with van der Waals surface area (Å²) < 4.78 is 6.53. The summed E-state index contributed by atoms with van der Waals surface area (Å²) in [7, 11) is 1.33. The Balaban J connectivity index is 1.58. The lowest BCUT2D eigenvalue weighted by molar-refractivity contribution is -0.131. The molecule has 0 bridgehead atoms. The molecule has 138 valence electrons. The number of likely N-dealkylation sites (tertiary alicyclic amines) is 1. The third-order valence-electron chi connectivity index (χ3n) is 4.98. The molecule has 1 N–H and O–H groups in total. The van der Waals surface area contributed by atoms with E-state index in [0.717, 1.165) is 25.8 Å². The number of nitrogens with zero attached hydrogens (tertiary/aromatic N) is 5. The molecule has 9 heteroatoms. The molecule has 2 aromatic rings. The van der Waals surface area contributed by atoms with E-state index in [9.17, 15) is 9.59 Å². The average Bonchev–Trinajstić information content (AvgIpc) is 3.28. The fourth-order valence-electron chi connectivity index (χ4n) is 3.45. The van der Waals surface area contributed by atoms with Gasteiger partial charge in [-0.2, -0.15) is 0 Å². The van der Waals surface area contributed by atoms with Crippen LogP contribution in [0.5, 0.6) is 0 Å². The van der Waals surface area contributed by atoms with Crippen LogP contribution in [0.1, 0.15) is 36.8 Å². The van der Waals surface area contributed by atoms with Crippen molar-refractivity contribution in [3.8, 4) is 0 Å². The van der Waals surface area contributed by atoms with Gasteiger partial charge in [-0.3, -0.25) is 4.79 Å². The molecule has 2 aliphatic rings. The van der Waals surface area contributed by atoms with Crippen molar-refractivity contribution >= 4 is 28.9 Å². The average molecular weight is 358 g/mol. The van der Waals surface area contributed by atoms with Crippen LogP contribution in [0, 0.1) is 5.92 Å². The molecule has 1 unspecified atom stereocenters. The SMILES string of the molecule is CCn1c(C(=O)OC)nc2c(NC3CCN(C(=O)C4CC4)C3)ncnc21. The lowest BCUT2D eigenvalue weighted by Gasteiger charge is -2.17. The third kappa shape index (κ3) is 2.87. The number of anilines is 1. The van der Waals surface area contributed by atoms with Crippen molar-refractivity contribution in [1.82, 2.24) is 24.4 Å². The van der Waals surface area contributed by atoms with Gasteiger partial charge in [-0.05, 0) is 26.2 Å². The van der Waals surface area contributed by atoms with Crippen LogP contribution in [0.15, 0.2) is 6.33 Å². The quantitative estimate of drug-likeness (QED) is 0.797. The number of aromatic nitrogens is 4. The van der Waals surface area contributed by atoms with Gasteiger partial charge in [-0.25, -0.2) is 19.7 Å². The van der Waals surface area contributed by atoms with Crippen LogP contribution in [0.4, 0.5) is 5.82 Å². The van der Waals surface area contributed by atoms with E-state index in [4.69, 9.17) is 4.74 Å². The van der Waals surface area contributed by atoms with E-state index in [1.165, 1.54) is 13.4 Å². The van der Waals surface area contributed by atoms with Gasteiger partial charge < -0.3 is 19.5 Å². The molecular weight excluding hydrogens is 336 g/mol. The van der Waals surface area contributed by atoms with E-state index in [0.29, 0.717) is 30.1 Å². The van der Waals surface area contributed by atoms with Crippen molar-refractivity contribution in [3.63, 3.8) is 0 Å². The number of imidazole rings is 1. The predicted molar refractivity (Wildman–Crippen MR) is 93.7 cm³/mol. The number of fused-ring (bicyclic) bond motifs is 1. The normalized spacial score (nSPS) is 19.8. The van der Waals surface area contributed by atoms with Crippen LogP contribution >= 0.6 is 0 Å². The Kier molecular flexibility index (Phi) is 4.21. The van der Waals surface area contributed by atoms with Gasteiger partial charge in [0.2, 0.25) is 11.7 Å². The highest BCUT2D eigenvalue weighted by atomic mass is 16.5. The number of carbonyl (C=O) groups excluding carboxylic acids is 2. The summed E-state index contributed by atoms with van der Waals surface area (Å²) in [5.41, 5.74) is 1.14. The monoisotopic (exact) mass is 358 g/mol. The van der Waals surface area contributed by atoms with Crippen molar-refractivity contribution in [2.75, 3.05) is 25.5 Å². The summed E-state index contributed by atoms with van der Waals surface area (Å²) in [6.07, 6.45) is 4.36. The Bertz CT molecular complexity index is 860. The lowest BCUT2D eigenvalue weighted by Crippen LogP contribution is -2.32. The van der Waals surface area contributed by atoms with E-state index >= 15 is 0 Å². The molecule has 26 heavy (non-hydrogen) atoms. The fraction of sp³-hybridized carbons (Fsp3) is 0.588. The number of carbonyl (C=O) groups is 2. The molecule has 1 saturated carbocycles. The first-order valence-corrected chi connectivity index (χ1v) is 8.97. The molecule has 9 nitrogen and oxygen atoms in total. The van der Waals surface area contributed by atoms with Crippen molar-refractivity contribution in [1.29, 1.82) is 0 Å². The second-order valence-electron chi connectivity index (χ2n) is 6.75. The highest BCUT2D eigenvalue weighted by Gasteiger charge is 2.36. The Hall–Kier alpha value is -2.71. The molecule has 2 fully saturated rings. The smallest absolute Gasteiger partial charge is 0.374 e. The van der Waals surface area contributed by atoms with Crippen LogP contribution in [0.2, 0.25) is 0 Å². The minimum atomic E-state index is -0.502. The van der Waals surface area contributed by atoms with Crippen LogP contribution < -0.4 is 5.32 Å². The van der Waals surface area contributed by atoms with Crippen LogP contribution in [-0.4, -0.2) is 62.5 Å². The fourth-order valence-corrected chi connectivity index (χ4v) is 3.45. The molecule has 0 aromatic carbocycles. The number of rotatable bonds is 5. The van der Waals surface area contributed by atoms with Gasteiger partial charge in [0.15, 0.2) is 17.0 Å². The molecule has 1 saturated heterocycles. The van der Waals surface area contributed by atoms with Gasteiger partial charge >= 0.3 is 5.97 Å². The number of nitrogens with one attached hydrogen (secondary N) is 1. The summed E-state index contributed by atoms with van der Waals surface area (Å²) in [5.74, 6) is 0.800. The molecule has 3 heterocycles. The molecule has 0 radical (unpaired) electrons. The topological polar surface area (TPSA) is 102 Å². The van der Waals surface area contributed by atoms with E-state index in [1.807, 2.05) is 11.8 Å². The molecule has 1 amide bonds. The van der Waals surface area contributed by atoms with Crippen LogP contribution in [-0.2, 0) is 16.1 Å². The minimum absolute atomic E-state index is 0.115. The van der Waals surface area contributed by atoms with Gasteiger partial charge in [-0.15, -0.1) is 0 Å². The maximum absolute atomic E-state index is 12.2. The molecule has 2 aromatic heterocycles. The van der Waals surface area contributed by atoms with Gasteiger partial charge in [0.25, 0.3) is 0 Å². The van der Waals surface area contributed by atoms with E-state index < -0.39 is 5.97 Å². The van der Waals surface area contributed by atoms with E-state index in [1.54, 1.807) is 4.57 Å². The van der Waals surface area contributed by atoms with Gasteiger partial charge in [0.1, 0.15) is 6.33 Å². The van der Waals surface area contributed by atoms with Gasteiger partial charge in [0.05, 0.1) is 7.11 Å². The number of esters is 1. The number of aryl methyl sites for hydroxylation is 1. The van der Waals surface area contributed by atoms with Gasteiger partial charge in [0, 0.05) is 31.6 Å². The van der Waals surface area contributed by atoms with Crippen molar-refractivity contribution in [2.24, 2.45) is 5.92 Å². The number of ether oxygens (including phenoxy) is 1. The molecule has 0 spiro atoms. The minimum Gasteiger partial charge on any atom is -0.463 e. The van der Waals surface area contributed by atoms with Crippen molar-refractivity contribution in [3.05, 3.63) is 12.2 Å². The largest absolute Gasteiger partial charge is 0.463 e. The maximum Gasteiger partial charge on any atom is 0.374 e. The highest BCUT2D eigenvalue weighted by Crippen LogP contribution is 2.32. The van der Waals surface area contributed by atoms with Crippen LogP contribution in [0.25, 0.3) is 11.2 Å². The summed E-state index contributed by atoms with van der Waals surface area (Å²) in [6, 6.07) is 0.115. The van der Waals surface area contributed by atoms with Crippen molar-refractivity contribution < 1.29 is 14.3 Å². The third-order valence-corrected chi connectivity index (χ3v) is 4.98. The first kappa shape index (κ1) is 16.7. The van der Waals surface area contributed by atoms with Crippen LogP contribution in [0.3, 0.4) is 0 Å². The first-order chi connectivity index (χ1) is 12.6.